The van der Waals surface area contributed by atoms with Crippen molar-refractivity contribution < 1.29 is 9.31 Å². The molecular formula is C5H10BO2. The monoisotopic (exact) mass is 113 g/mol. The third-order valence-corrected chi connectivity index (χ3v) is 1.24. The second kappa shape index (κ2) is 2.51. The van der Waals surface area contributed by atoms with Crippen LogP contribution in [-0.4, -0.2) is 19.9 Å². The molecule has 2 unspecified atom stereocenters. The molecule has 1 rings (SSSR count). The van der Waals surface area contributed by atoms with Gasteiger partial charge < -0.3 is 9.31 Å². The Labute approximate surface area is 50.5 Å². The molecule has 0 bridgehead atoms. The van der Waals surface area contributed by atoms with E-state index in [2.05, 4.69) is 0 Å². The number of rotatable bonds is 0. The zero-order chi connectivity index (χ0) is 5.98. The van der Waals surface area contributed by atoms with Crippen LogP contribution in [0.5, 0.6) is 0 Å². The first kappa shape index (κ1) is 6.11. The molecule has 1 heterocycles. The highest BCUT2D eigenvalue weighted by molar-refractivity contribution is 6.18. The topological polar surface area (TPSA) is 18.5 Å². The molecule has 3 heteroatoms. The van der Waals surface area contributed by atoms with E-state index < -0.39 is 0 Å². The largest absolute Gasteiger partial charge is 0.488 e. The van der Waals surface area contributed by atoms with Crippen molar-refractivity contribution in [1.82, 2.24) is 0 Å². The zero-order valence-corrected chi connectivity index (χ0v) is 5.26. The van der Waals surface area contributed by atoms with E-state index in [0.717, 1.165) is 6.42 Å². The molecule has 0 spiro atoms. The van der Waals surface area contributed by atoms with E-state index in [1.165, 1.54) is 7.69 Å². The minimum Gasteiger partial charge on any atom is -0.411 e. The molecule has 0 N–H and O–H groups in total. The van der Waals surface area contributed by atoms with Crippen LogP contribution in [0.15, 0.2) is 0 Å². The molecule has 0 aromatic heterocycles. The summed E-state index contributed by atoms with van der Waals surface area (Å²) in [5.41, 5.74) is 0. The summed E-state index contributed by atoms with van der Waals surface area (Å²) in [6.45, 7) is 4.07. The molecule has 1 aliphatic heterocycles. The van der Waals surface area contributed by atoms with Gasteiger partial charge in [0, 0.05) is 12.2 Å². The SMILES string of the molecule is CC1CC(C)O[B]O1. The van der Waals surface area contributed by atoms with Crippen molar-refractivity contribution in [2.24, 2.45) is 0 Å². The van der Waals surface area contributed by atoms with Gasteiger partial charge in [-0.3, -0.25) is 0 Å². The fourth-order valence-corrected chi connectivity index (χ4v) is 0.800. The highest BCUT2D eigenvalue weighted by Crippen LogP contribution is 2.09. The maximum Gasteiger partial charge on any atom is 0.488 e. The van der Waals surface area contributed by atoms with Crippen molar-refractivity contribution in [1.29, 1.82) is 0 Å². The van der Waals surface area contributed by atoms with Crippen LogP contribution < -0.4 is 0 Å². The van der Waals surface area contributed by atoms with Gasteiger partial charge >= 0.3 is 7.69 Å². The van der Waals surface area contributed by atoms with E-state index in [9.17, 15) is 0 Å². The molecule has 8 heavy (non-hydrogen) atoms. The van der Waals surface area contributed by atoms with E-state index >= 15 is 0 Å². The summed E-state index contributed by atoms with van der Waals surface area (Å²) >= 11 is 0. The first-order valence-electron chi connectivity index (χ1n) is 2.91. The van der Waals surface area contributed by atoms with Gasteiger partial charge in [0.1, 0.15) is 0 Å². The first-order chi connectivity index (χ1) is 3.79. The lowest BCUT2D eigenvalue weighted by Crippen LogP contribution is -2.29. The number of hydrogen-bond acceptors (Lipinski definition) is 2. The molecule has 0 aromatic rings. The maximum absolute atomic E-state index is 5.00. The number of hydrogen-bond donors (Lipinski definition) is 0. The second-order valence-corrected chi connectivity index (χ2v) is 2.23. The maximum atomic E-state index is 5.00. The average molecular weight is 113 g/mol. The first-order valence-corrected chi connectivity index (χ1v) is 2.91. The Morgan fingerprint density at radius 2 is 1.75 bits per heavy atom. The van der Waals surface area contributed by atoms with Crippen molar-refractivity contribution in [3.63, 3.8) is 0 Å². The van der Waals surface area contributed by atoms with Gasteiger partial charge in [-0.1, -0.05) is 0 Å². The Balaban J connectivity index is 2.23. The predicted molar refractivity (Wildman–Crippen MR) is 31.5 cm³/mol. The summed E-state index contributed by atoms with van der Waals surface area (Å²) in [5.74, 6) is 0. The van der Waals surface area contributed by atoms with Gasteiger partial charge in [-0.2, -0.15) is 0 Å². The van der Waals surface area contributed by atoms with Gasteiger partial charge in [-0.15, -0.1) is 0 Å². The summed E-state index contributed by atoms with van der Waals surface area (Å²) in [6.07, 6.45) is 1.66. The van der Waals surface area contributed by atoms with Gasteiger partial charge in [0.2, 0.25) is 0 Å². The van der Waals surface area contributed by atoms with Crippen LogP contribution in [0.25, 0.3) is 0 Å². The minimum atomic E-state index is 0.332. The summed E-state index contributed by atoms with van der Waals surface area (Å²) in [5, 5.41) is 0. The molecule has 1 aliphatic rings. The van der Waals surface area contributed by atoms with Gasteiger partial charge in [-0.05, 0) is 20.3 Å². The normalized spacial score (nSPS) is 38.8. The lowest BCUT2D eigenvalue weighted by Gasteiger charge is -2.23. The van der Waals surface area contributed by atoms with Gasteiger partial charge in [-0.25, -0.2) is 0 Å². The summed E-state index contributed by atoms with van der Waals surface area (Å²) < 4.78 is 10.0. The third kappa shape index (κ3) is 1.49. The van der Waals surface area contributed by atoms with Gasteiger partial charge in [0.15, 0.2) is 0 Å². The van der Waals surface area contributed by atoms with Crippen molar-refractivity contribution in [2.75, 3.05) is 0 Å². The minimum absolute atomic E-state index is 0.332. The van der Waals surface area contributed by atoms with Crippen molar-refractivity contribution in [3.05, 3.63) is 0 Å². The lowest BCUT2D eigenvalue weighted by atomic mass is 10.1. The Morgan fingerprint density at radius 3 is 2.00 bits per heavy atom. The fraction of sp³-hybridized carbons (Fsp3) is 1.00. The molecular weight excluding hydrogens is 103 g/mol. The van der Waals surface area contributed by atoms with Crippen LogP contribution in [0.1, 0.15) is 20.3 Å². The Kier molecular flexibility index (Phi) is 1.92. The Morgan fingerprint density at radius 1 is 1.25 bits per heavy atom. The van der Waals surface area contributed by atoms with Crippen molar-refractivity contribution in [3.8, 4) is 0 Å². The molecule has 0 amide bonds. The molecule has 2 atom stereocenters. The second-order valence-electron chi connectivity index (χ2n) is 2.23. The van der Waals surface area contributed by atoms with E-state index in [0.29, 0.717) is 12.2 Å². The third-order valence-electron chi connectivity index (χ3n) is 1.24. The quantitative estimate of drug-likeness (QED) is 0.431. The van der Waals surface area contributed by atoms with Crippen molar-refractivity contribution in [2.45, 2.75) is 32.5 Å². The van der Waals surface area contributed by atoms with E-state index in [1.807, 2.05) is 13.8 Å². The lowest BCUT2D eigenvalue weighted by molar-refractivity contribution is 0.0505. The van der Waals surface area contributed by atoms with Crippen LogP contribution in [0.3, 0.4) is 0 Å². The summed E-state index contributed by atoms with van der Waals surface area (Å²) in [6, 6.07) is 0. The van der Waals surface area contributed by atoms with Gasteiger partial charge in [0.05, 0.1) is 0 Å². The molecule has 1 saturated heterocycles. The molecule has 0 aliphatic carbocycles. The van der Waals surface area contributed by atoms with E-state index in [1.54, 1.807) is 0 Å². The highest BCUT2D eigenvalue weighted by atomic mass is 16.6. The van der Waals surface area contributed by atoms with E-state index in [-0.39, 0.29) is 0 Å². The molecule has 2 nitrogen and oxygen atoms in total. The summed E-state index contributed by atoms with van der Waals surface area (Å²) in [4.78, 5) is 0. The fourth-order valence-electron chi connectivity index (χ4n) is 0.800. The van der Waals surface area contributed by atoms with Crippen LogP contribution >= 0.6 is 0 Å². The van der Waals surface area contributed by atoms with Crippen molar-refractivity contribution >= 4 is 7.69 Å². The Hall–Kier alpha value is -0.0151. The predicted octanol–water partition coefficient (Wildman–Crippen LogP) is 0.734. The molecule has 1 fully saturated rings. The molecule has 0 saturated carbocycles. The standard InChI is InChI=1S/C5H10BO2/c1-4-3-5(2)8-6-7-4/h4-5H,3H2,1-2H3. The smallest absolute Gasteiger partial charge is 0.411 e. The van der Waals surface area contributed by atoms with Gasteiger partial charge in [0.25, 0.3) is 0 Å². The van der Waals surface area contributed by atoms with Crippen LogP contribution in [-0.2, 0) is 9.31 Å². The molecule has 0 aromatic carbocycles. The Bertz CT molecular complexity index is 68.8. The zero-order valence-electron chi connectivity index (χ0n) is 5.26. The average Bonchev–Trinajstić information content (AvgIpc) is 1.64. The van der Waals surface area contributed by atoms with E-state index in [4.69, 9.17) is 9.31 Å². The van der Waals surface area contributed by atoms with Crippen LogP contribution in [0.4, 0.5) is 0 Å². The highest BCUT2D eigenvalue weighted by Gasteiger charge is 2.16. The van der Waals surface area contributed by atoms with Crippen LogP contribution in [0.2, 0.25) is 0 Å². The molecule has 45 valence electrons. The van der Waals surface area contributed by atoms with Crippen LogP contribution in [0, 0.1) is 0 Å². The molecule has 1 radical (unpaired) electrons. The summed E-state index contributed by atoms with van der Waals surface area (Å²) in [7, 11) is 1.43.